The molecule has 2 atom stereocenters. The smallest absolute Gasteiger partial charge is 1.00 e. The van der Waals surface area contributed by atoms with Crippen molar-refractivity contribution < 1.29 is 45.1 Å². The minimum Gasteiger partial charge on any atom is -1.00 e. The van der Waals surface area contributed by atoms with Crippen molar-refractivity contribution in [1.29, 1.82) is 0 Å². The predicted molar refractivity (Wildman–Crippen MR) is 193 cm³/mol. The van der Waals surface area contributed by atoms with Gasteiger partial charge in [-0.1, -0.05) is 0 Å². The summed E-state index contributed by atoms with van der Waals surface area (Å²) in [5, 5.41) is 0. The molecule has 3 heteroatoms. The van der Waals surface area contributed by atoms with E-state index >= 15 is 0 Å². The summed E-state index contributed by atoms with van der Waals surface area (Å²) in [4.78, 5) is 0. The number of rotatable bonds is 6. The van der Waals surface area contributed by atoms with Crippen molar-refractivity contribution in [2.45, 2.75) is 87.1 Å². The zero-order valence-corrected chi connectivity index (χ0v) is 32.6. The molecule has 2 unspecified atom stereocenters. The van der Waals surface area contributed by atoms with Gasteiger partial charge in [0, 0.05) is 0 Å². The number of aryl methyl sites for hydroxylation is 2. The van der Waals surface area contributed by atoms with Crippen molar-refractivity contribution in [3.8, 4) is 22.3 Å². The van der Waals surface area contributed by atoms with Crippen LogP contribution in [0.15, 0.2) is 96.1 Å². The predicted octanol–water partition coefficient (Wildman–Crippen LogP) is 7.00. The number of allylic oxidation sites excluding steroid dienone is 2. The van der Waals surface area contributed by atoms with E-state index in [0.29, 0.717) is 0 Å². The van der Waals surface area contributed by atoms with Crippen LogP contribution < -0.4 is 24.8 Å². The van der Waals surface area contributed by atoms with E-state index < -0.39 is 20.3 Å². The Labute approximate surface area is 305 Å². The van der Waals surface area contributed by atoms with Crippen LogP contribution in [-0.4, -0.2) is 0 Å². The molecule has 1 aliphatic heterocycles. The fourth-order valence-electron chi connectivity index (χ4n) is 10.7. The molecule has 1 saturated heterocycles. The molecule has 4 aliphatic carbocycles. The summed E-state index contributed by atoms with van der Waals surface area (Å²) >= 11 is -2.92. The van der Waals surface area contributed by atoms with Crippen LogP contribution in [0.3, 0.4) is 0 Å². The van der Waals surface area contributed by atoms with Crippen LogP contribution in [0.2, 0.25) is 8.26 Å². The second kappa shape index (κ2) is 13.9. The third-order valence-corrected chi connectivity index (χ3v) is 28.1. The van der Waals surface area contributed by atoms with E-state index in [4.69, 9.17) is 0 Å². The molecule has 246 valence electrons. The van der Waals surface area contributed by atoms with Crippen molar-refractivity contribution in [2.24, 2.45) is 11.8 Å². The molecule has 0 bridgehead atoms. The topological polar surface area (TPSA) is 0 Å². The number of fused-ring (bicyclic) bond motifs is 2. The number of hydrogen-bond donors (Lipinski definition) is 0. The maximum Gasteiger partial charge on any atom is -1.00 e. The van der Waals surface area contributed by atoms with Crippen LogP contribution in [-0.2, 0) is 20.3 Å². The molecule has 4 aromatic carbocycles. The fourth-order valence-corrected chi connectivity index (χ4v) is 26.3. The van der Waals surface area contributed by atoms with Gasteiger partial charge >= 0.3 is 283 Å². The summed E-state index contributed by atoms with van der Waals surface area (Å²) in [6.45, 7) is 4.42. The van der Waals surface area contributed by atoms with Crippen LogP contribution >= 0.6 is 0 Å². The standard InChI is InChI=1S/2C21H21.C3H6.2ClH.Zr/c2*1-15-9-11-17(12-10-15)20-8-4-7-18-13-19(14-21(18)20)16-5-2-3-6-16;1-3-2;;;/h2*4,7-14,16H,2-3,5-6H2,1H3;1-3H2;2*1H;/q;;;;;+2/p-2. The summed E-state index contributed by atoms with van der Waals surface area (Å²) in [6.07, 6.45) is 18.3. The van der Waals surface area contributed by atoms with Gasteiger partial charge in [0.05, 0.1) is 0 Å². The molecule has 0 radical (unpaired) electrons. The third kappa shape index (κ3) is 5.60. The SMILES string of the molecule is Cc1ccc(-c2cccc3c2C=C(C2CCCC2)[CH]3[Zr+2]2([CH]3C(C4CCCC4)=Cc4c(-c5ccc(C)cc5)cccc43)[CH2]C[CH2]2)cc1.[Cl-].[Cl-]. The first-order valence-electron chi connectivity index (χ1n) is 18.4. The van der Waals surface area contributed by atoms with E-state index in [2.05, 4.69) is 111 Å². The third-order valence-electron chi connectivity index (χ3n) is 13.0. The number of hydrogen-bond acceptors (Lipinski definition) is 0. The molecule has 2 saturated carbocycles. The van der Waals surface area contributed by atoms with Crippen molar-refractivity contribution in [3.05, 3.63) is 129 Å². The summed E-state index contributed by atoms with van der Waals surface area (Å²) in [5.41, 5.74) is 18.8. The fraction of sp³-hybridized carbons (Fsp3) is 0.378. The van der Waals surface area contributed by atoms with E-state index in [1.807, 2.05) is 11.1 Å². The van der Waals surface area contributed by atoms with Crippen LogP contribution in [0.4, 0.5) is 0 Å². The van der Waals surface area contributed by atoms with Crippen LogP contribution in [0.1, 0.15) is 98.4 Å². The van der Waals surface area contributed by atoms with Crippen LogP contribution in [0.5, 0.6) is 0 Å². The Balaban J connectivity index is 0.00000182. The first-order chi connectivity index (χ1) is 22.6. The molecule has 0 amide bonds. The molecule has 48 heavy (non-hydrogen) atoms. The second-order valence-electron chi connectivity index (χ2n) is 15.6. The Hall–Kier alpha value is -2.18. The molecule has 3 fully saturated rings. The molecule has 1 heterocycles. The Morgan fingerprint density at radius 1 is 0.479 bits per heavy atom. The van der Waals surface area contributed by atoms with Gasteiger partial charge in [-0.2, -0.15) is 0 Å². The minimum atomic E-state index is -2.92. The normalized spacial score (nSPS) is 22.0. The molecular formula is C45H48Cl2Zr. The summed E-state index contributed by atoms with van der Waals surface area (Å²) in [7, 11) is 0. The van der Waals surface area contributed by atoms with Gasteiger partial charge in [-0.25, -0.2) is 0 Å². The van der Waals surface area contributed by atoms with E-state index in [1.54, 1.807) is 30.5 Å². The summed E-state index contributed by atoms with van der Waals surface area (Å²) in [6, 6.07) is 33.5. The van der Waals surface area contributed by atoms with Gasteiger partial charge in [-0.15, -0.1) is 0 Å². The van der Waals surface area contributed by atoms with Gasteiger partial charge in [0.15, 0.2) is 0 Å². The first kappa shape index (κ1) is 34.3. The largest absolute Gasteiger partial charge is 1.00 e. The quantitative estimate of drug-likeness (QED) is 0.199. The monoisotopic (exact) mass is 748 g/mol. The molecule has 9 rings (SSSR count). The molecule has 0 N–H and O–H groups in total. The van der Waals surface area contributed by atoms with Crippen LogP contribution in [0.25, 0.3) is 34.4 Å². The van der Waals surface area contributed by atoms with Crippen molar-refractivity contribution in [2.75, 3.05) is 0 Å². The first-order valence-corrected chi connectivity index (χ1v) is 24.7. The number of benzene rings is 4. The van der Waals surface area contributed by atoms with Gasteiger partial charge < -0.3 is 24.8 Å². The van der Waals surface area contributed by atoms with Crippen molar-refractivity contribution in [3.63, 3.8) is 0 Å². The Kier molecular flexibility index (Phi) is 9.89. The zero-order valence-electron chi connectivity index (χ0n) is 28.6. The minimum absolute atomic E-state index is 0. The zero-order chi connectivity index (χ0) is 30.8. The summed E-state index contributed by atoms with van der Waals surface area (Å²) in [5.74, 6) is 1.58. The van der Waals surface area contributed by atoms with Gasteiger partial charge in [-0.3, -0.25) is 0 Å². The van der Waals surface area contributed by atoms with Gasteiger partial charge in [0.1, 0.15) is 0 Å². The van der Waals surface area contributed by atoms with Crippen molar-refractivity contribution in [1.82, 2.24) is 0 Å². The number of halogens is 2. The van der Waals surface area contributed by atoms with Gasteiger partial charge in [0.25, 0.3) is 0 Å². The van der Waals surface area contributed by atoms with E-state index in [9.17, 15) is 0 Å². The second-order valence-corrected chi connectivity index (χ2v) is 26.9. The average molecular weight is 751 g/mol. The van der Waals surface area contributed by atoms with Gasteiger partial charge in [0.2, 0.25) is 0 Å². The van der Waals surface area contributed by atoms with E-state index in [-0.39, 0.29) is 24.8 Å². The maximum absolute atomic E-state index is 2.92. The van der Waals surface area contributed by atoms with Crippen LogP contribution in [0, 0.1) is 25.7 Å². The molecule has 0 spiro atoms. The Morgan fingerprint density at radius 3 is 1.23 bits per heavy atom. The molecule has 5 aliphatic rings. The molecule has 0 nitrogen and oxygen atoms in total. The van der Waals surface area contributed by atoms with E-state index in [0.717, 1.165) is 19.1 Å². The maximum atomic E-state index is 2.78. The molecule has 4 aromatic rings. The Bertz CT molecular complexity index is 1720. The molecule has 0 aromatic heterocycles. The average Bonchev–Trinajstić information content (AvgIpc) is 3.88. The van der Waals surface area contributed by atoms with Crippen molar-refractivity contribution >= 4 is 12.2 Å². The summed E-state index contributed by atoms with van der Waals surface area (Å²) < 4.78 is 4.58. The van der Waals surface area contributed by atoms with Gasteiger partial charge in [-0.05, 0) is 0 Å². The Morgan fingerprint density at radius 2 is 0.875 bits per heavy atom. The van der Waals surface area contributed by atoms with E-state index in [1.165, 1.54) is 91.2 Å². The molecular weight excluding hydrogens is 703 g/mol.